The zero-order valence-electron chi connectivity index (χ0n) is 13.1. The quantitative estimate of drug-likeness (QED) is 0.780. The first-order valence-corrected chi connectivity index (χ1v) is 7.45. The summed E-state index contributed by atoms with van der Waals surface area (Å²) in [6.45, 7) is 0. The second kappa shape index (κ2) is 6.80. The second-order valence-electron chi connectivity index (χ2n) is 5.44. The molecule has 0 saturated carbocycles. The molecule has 0 aliphatic rings. The van der Waals surface area contributed by atoms with Crippen molar-refractivity contribution in [1.82, 2.24) is 9.55 Å². The Morgan fingerprint density at radius 3 is 2.42 bits per heavy atom. The van der Waals surface area contributed by atoms with Crippen molar-refractivity contribution >= 4 is 0 Å². The van der Waals surface area contributed by atoms with Gasteiger partial charge in [0.25, 0.3) is 0 Å². The molecule has 0 bridgehead atoms. The number of rotatable bonds is 5. The molecular weight excluding hydrogens is 312 g/mol. The minimum atomic E-state index is -0.615. The van der Waals surface area contributed by atoms with Crippen LogP contribution in [0.15, 0.2) is 54.9 Å². The van der Waals surface area contributed by atoms with E-state index in [9.17, 15) is 8.78 Å². The molecule has 1 atom stereocenters. The van der Waals surface area contributed by atoms with Crippen LogP contribution in [-0.4, -0.2) is 16.7 Å². The number of nitrogens with zero attached hydrogens (tertiary/aromatic N) is 2. The molecule has 0 fully saturated rings. The average Bonchev–Trinajstić information content (AvgIpc) is 3.03. The fraction of sp³-hybridized carbons (Fsp3) is 0.167. The van der Waals surface area contributed by atoms with Crippen LogP contribution in [0.4, 0.5) is 8.78 Å². The zero-order valence-corrected chi connectivity index (χ0v) is 13.1. The lowest BCUT2D eigenvalue weighted by Gasteiger charge is -2.15. The first kappa shape index (κ1) is 16.1. The Labute approximate surface area is 138 Å². The molecule has 0 saturated heterocycles. The molecule has 3 rings (SSSR count). The van der Waals surface area contributed by atoms with Crippen molar-refractivity contribution in [3.8, 4) is 11.4 Å². The number of imidazole rings is 1. The minimum Gasteiger partial charge on any atom is -0.497 e. The molecule has 1 aromatic heterocycles. The Morgan fingerprint density at radius 1 is 1.12 bits per heavy atom. The van der Waals surface area contributed by atoms with Crippen molar-refractivity contribution in [3.63, 3.8) is 0 Å². The summed E-state index contributed by atoms with van der Waals surface area (Å²) in [4.78, 5) is 4.30. The lowest BCUT2D eigenvalue weighted by atomic mass is 10.1. The number of aromatic nitrogens is 2. The van der Waals surface area contributed by atoms with Crippen molar-refractivity contribution in [2.45, 2.75) is 12.5 Å². The van der Waals surface area contributed by atoms with Crippen LogP contribution in [0.2, 0.25) is 0 Å². The van der Waals surface area contributed by atoms with Crippen LogP contribution in [0, 0.1) is 11.6 Å². The maximum Gasteiger partial charge on any atom is 0.130 e. The molecule has 24 heavy (non-hydrogen) atoms. The summed E-state index contributed by atoms with van der Waals surface area (Å²) in [5, 5.41) is 0. The Morgan fingerprint density at radius 2 is 1.79 bits per heavy atom. The number of hydrogen-bond donors (Lipinski definition) is 1. The SMILES string of the molecule is COc1ccc(-n2ccnc2[C@H](N)Cc2cc(F)cc(F)c2)cc1. The van der Waals surface area contributed by atoms with Crippen LogP contribution >= 0.6 is 0 Å². The van der Waals surface area contributed by atoms with E-state index in [1.165, 1.54) is 12.1 Å². The molecule has 1 heterocycles. The molecule has 2 aromatic carbocycles. The van der Waals surface area contributed by atoms with Crippen molar-refractivity contribution in [2.75, 3.05) is 7.11 Å². The highest BCUT2D eigenvalue weighted by Crippen LogP contribution is 2.21. The van der Waals surface area contributed by atoms with Crippen molar-refractivity contribution < 1.29 is 13.5 Å². The summed E-state index contributed by atoms with van der Waals surface area (Å²) >= 11 is 0. The highest BCUT2D eigenvalue weighted by Gasteiger charge is 2.15. The topological polar surface area (TPSA) is 53.1 Å². The van der Waals surface area contributed by atoms with E-state index in [0.717, 1.165) is 17.5 Å². The van der Waals surface area contributed by atoms with Crippen molar-refractivity contribution in [1.29, 1.82) is 0 Å². The molecule has 0 spiro atoms. The highest BCUT2D eigenvalue weighted by molar-refractivity contribution is 5.39. The van der Waals surface area contributed by atoms with Gasteiger partial charge in [-0.2, -0.15) is 0 Å². The second-order valence-corrected chi connectivity index (χ2v) is 5.44. The molecule has 6 heteroatoms. The summed E-state index contributed by atoms with van der Waals surface area (Å²) < 4.78 is 33.6. The molecule has 4 nitrogen and oxygen atoms in total. The Hall–Kier alpha value is -2.73. The summed E-state index contributed by atoms with van der Waals surface area (Å²) in [6, 6.07) is 10.4. The van der Waals surface area contributed by atoms with Gasteiger partial charge < -0.3 is 15.0 Å². The highest BCUT2D eigenvalue weighted by atomic mass is 19.1. The number of benzene rings is 2. The fourth-order valence-electron chi connectivity index (χ4n) is 2.62. The van der Waals surface area contributed by atoms with Gasteiger partial charge in [-0.1, -0.05) is 0 Å². The molecule has 0 unspecified atom stereocenters. The van der Waals surface area contributed by atoms with E-state index in [-0.39, 0.29) is 6.42 Å². The van der Waals surface area contributed by atoms with Gasteiger partial charge in [0.15, 0.2) is 0 Å². The number of ether oxygens (including phenoxy) is 1. The Kier molecular flexibility index (Phi) is 4.57. The van der Waals surface area contributed by atoms with E-state index in [4.69, 9.17) is 10.5 Å². The maximum atomic E-state index is 13.3. The van der Waals surface area contributed by atoms with Gasteiger partial charge in [0.2, 0.25) is 0 Å². The predicted molar refractivity (Wildman–Crippen MR) is 87.1 cm³/mol. The third-order valence-corrected chi connectivity index (χ3v) is 3.73. The van der Waals surface area contributed by atoms with Gasteiger partial charge in [0, 0.05) is 24.1 Å². The van der Waals surface area contributed by atoms with E-state index < -0.39 is 17.7 Å². The summed E-state index contributed by atoms with van der Waals surface area (Å²) in [5.41, 5.74) is 7.58. The lowest BCUT2D eigenvalue weighted by molar-refractivity contribution is 0.414. The van der Waals surface area contributed by atoms with Crippen LogP contribution in [0.25, 0.3) is 5.69 Å². The normalized spacial score (nSPS) is 12.2. The first-order valence-electron chi connectivity index (χ1n) is 7.45. The maximum absolute atomic E-state index is 13.3. The molecule has 3 aromatic rings. The molecule has 124 valence electrons. The van der Waals surface area contributed by atoms with Crippen molar-refractivity contribution in [2.24, 2.45) is 5.73 Å². The van der Waals surface area contributed by atoms with Crippen molar-refractivity contribution in [3.05, 3.63) is 77.9 Å². The smallest absolute Gasteiger partial charge is 0.130 e. The number of hydrogen-bond acceptors (Lipinski definition) is 3. The number of methoxy groups -OCH3 is 1. The summed E-state index contributed by atoms with van der Waals surface area (Å²) in [6.07, 6.45) is 3.72. The van der Waals surface area contributed by atoms with Crippen LogP contribution in [-0.2, 0) is 6.42 Å². The van der Waals surface area contributed by atoms with Crippen LogP contribution < -0.4 is 10.5 Å². The molecule has 0 aliphatic carbocycles. The van der Waals surface area contributed by atoms with Gasteiger partial charge >= 0.3 is 0 Å². The summed E-state index contributed by atoms with van der Waals surface area (Å²) in [5.74, 6) is 0.135. The van der Waals surface area contributed by atoms with Gasteiger partial charge in [-0.15, -0.1) is 0 Å². The molecular formula is C18H17F2N3O. The Balaban J connectivity index is 1.85. The van der Waals surface area contributed by atoms with E-state index in [1.807, 2.05) is 28.8 Å². The minimum absolute atomic E-state index is 0.280. The van der Waals surface area contributed by atoms with Gasteiger partial charge in [-0.05, 0) is 48.4 Å². The number of nitrogens with two attached hydrogens (primary N) is 1. The lowest BCUT2D eigenvalue weighted by Crippen LogP contribution is -2.18. The van der Waals surface area contributed by atoms with E-state index in [2.05, 4.69) is 4.98 Å². The Bertz CT molecular complexity index is 810. The third-order valence-electron chi connectivity index (χ3n) is 3.73. The molecule has 2 N–H and O–H groups in total. The molecule has 0 aliphatic heterocycles. The van der Waals surface area contributed by atoms with Gasteiger partial charge in [0.05, 0.1) is 13.2 Å². The largest absolute Gasteiger partial charge is 0.497 e. The molecule has 0 radical (unpaired) electrons. The number of halogens is 2. The first-order chi connectivity index (χ1) is 11.6. The van der Waals surface area contributed by atoms with Crippen LogP contribution in [0.5, 0.6) is 5.75 Å². The van der Waals surface area contributed by atoms with E-state index in [1.54, 1.807) is 19.5 Å². The van der Waals surface area contributed by atoms with E-state index >= 15 is 0 Å². The van der Waals surface area contributed by atoms with Crippen LogP contribution in [0.3, 0.4) is 0 Å². The van der Waals surface area contributed by atoms with E-state index in [0.29, 0.717) is 11.4 Å². The predicted octanol–water partition coefficient (Wildman–Crippen LogP) is 3.40. The summed E-state index contributed by atoms with van der Waals surface area (Å²) in [7, 11) is 1.60. The third kappa shape index (κ3) is 3.44. The monoisotopic (exact) mass is 329 g/mol. The zero-order chi connectivity index (χ0) is 17.1. The average molecular weight is 329 g/mol. The van der Waals surface area contributed by atoms with Gasteiger partial charge in [-0.25, -0.2) is 13.8 Å². The van der Waals surface area contributed by atoms with Gasteiger partial charge in [0.1, 0.15) is 23.2 Å². The van der Waals surface area contributed by atoms with Gasteiger partial charge in [-0.3, -0.25) is 0 Å². The standard InChI is InChI=1S/C18H17F2N3O/c1-24-16-4-2-15(3-5-16)23-7-6-22-18(23)17(21)10-12-8-13(19)11-14(20)9-12/h2-9,11,17H,10,21H2,1H3/t17-/m1/s1. The van der Waals surface area contributed by atoms with Crippen LogP contribution in [0.1, 0.15) is 17.4 Å². The fourth-order valence-corrected chi connectivity index (χ4v) is 2.62. The molecule has 0 amide bonds.